The Hall–Kier alpha value is -0.530. The van der Waals surface area contributed by atoms with Crippen LogP contribution in [0, 0.1) is 0 Å². The van der Waals surface area contributed by atoms with Gasteiger partial charge in [-0.25, -0.2) is 0 Å². The molecule has 0 atom stereocenters. The Morgan fingerprint density at radius 2 is 1.79 bits per heavy atom. The van der Waals surface area contributed by atoms with Gasteiger partial charge in [-0.2, -0.15) is 0 Å². The van der Waals surface area contributed by atoms with Crippen molar-refractivity contribution in [3.63, 3.8) is 0 Å². The van der Waals surface area contributed by atoms with Crippen molar-refractivity contribution in [1.82, 2.24) is 5.32 Å². The Balaban J connectivity index is 0.00000169. The van der Waals surface area contributed by atoms with Crippen molar-refractivity contribution in [2.75, 3.05) is 13.1 Å². The smallest absolute Gasteiger partial charge is 0.000835 e. The van der Waals surface area contributed by atoms with Crippen LogP contribution < -0.4 is 5.32 Å². The van der Waals surface area contributed by atoms with Crippen molar-refractivity contribution in [3.05, 3.63) is 35.9 Å². The number of unbranched alkanes of at least 4 members (excludes halogenated alkanes) is 1. The monoisotopic (exact) mass is 213 g/mol. The molecule has 0 saturated carbocycles. The zero-order valence-corrected chi connectivity index (χ0v) is 9.65. The zero-order valence-electron chi connectivity index (χ0n) is 8.83. The van der Waals surface area contributed by atoms with E-state index in [1.54, 1.807) is 0 Å². The van der Waals surface area contributed by atoms with Crippen molar-refractivity contribution >= 4 is 12.4 Å². The molecule has 0 aliphatic rings. The number of nitrogens with one attached hydrogen (secondary N) is 1. The molecule has 0 aliphatic carbocycles. The second-order valence-corrected chi connectivity index (χ2v) is 3.34. The third-order valence-electron chi connectivity index (χ3n) is 2.14. The van der Waals surface area contributed by atoms with Crippen molar-refractivity contribution in [1.29, 1.82) is 0 Å². The van der Waals surface area contributed by atoms with Gasteiger partial charge in [0.05, 0.1) is 0 Å². The van der Waals surface area contributed by atoms with Gasteiger partial charge in [0.1, 0.15) is 0 Å². The highest BCUT2D eigenvalue weighted by molar-refractivity contribution is 5.85. The van der Waals surface area contributed by atoms with E-state index in [4.69, 9.17) is 0 Å². The van der Waals surface area contributed by atoms with Crippen molar-refractivity contribution in [3.8, 4) is 0 Å². The van der Waals surface area contributed by atoms with Crippen LogP contribution in [0.2, 0.25) is 0 Å². The molecule has 0 spiro atoms. The number of benzene rings is 1. The molecular formula is C12H20ClN. The van der Waals surface area contributed by atoms with Crippen LogP contribution in [0.1, 0.15) is 25.3 Å². The van der Waals surface area contributed by atoms with E-state index in [-0.39, 0.29) is 12.4 Å². The van der Waals surface area contributed by atoms with Gasteiger partial charge < -0.3 is 5.32 Å². The summed E-state index contributed by atoms with van der Waals surface area (Å²) in [6.07, 6.45) is 3.71. The van der Waals surface area contributed by atoms with Gasteiger partial charge in [-0.15, -0.1) is 12.4 Å². The Morgan fingerprint density at radius 1 is 1.07 bits per heavy atom. The maximum absolute atomic E-state index is 3.43. The lowest BCUT2D eigenvalue weighted by molar-refractivity contribution is 0.640. The molecule has 0 aromatic heterocycles. The fourth-order valence-electron chi connectivity index (χ4n) is 1.30. The van der Waals surface area contributed by atoms with Gasteiger partial charge in [0.2, 0.25) is 0 Å². The fourth-order valence-corrected chi connectivity index (χ4v) is 1.30. The van der Waals surface area contributed by atoms with E-state index < -0.39 is 0 Å². The highest BCUT2D eigenvalue weighted by Gasteiger charge is 1.90. The first-order valence-corrected chi connectivity index (χ1v) is 5.18. The number of rotatable bonds is 6. The summed E-state index contributed by atoms with van der Waals surface area (Å²) >= 11 is 0. The van der Waals surface area contributed by atoms with Crippen LogP contribution in [0.4, 0.5) is 0 Å². The third-order valence-corrected chi connectivity index (χ3v) is 2.14. The fraction of sp³-hybridized carbons (Fsp3) is 0.500. The van der Waals surface area contributed by atoms with Crippen LogP contribution in [0.25, 0.3) is 0 Å². The molecule has 0 saturated heterocycles. The van der Waals surface area contributed by atoms with Crippen molar-refractivity contribution in [2.45, 2.75) is 26.2 Å². The molecule has 0 unspecified atom stereocenters. The van der Waals surface area contributed by atoms with Crippen molar-refractivity contribution in [2.24, 2.45) is 0 Å². The lowest BCUT2D eigenvalue weighted by Gasteiger charge is -2.03. The molecule has 1 nitrogen and oxygen atoms in total. The van der Waals surface area contributed by atoms with Gasteiger partial charge in [0, 0.05) is 0 Å². The lowest BCUT2D eigenvalue weighted by atomic mass is 10.1. The maximum atomic E-state index is 3.43. The average Bonchev–Trinajstić information content (AvgIpc) is 2.19. The second kappa shape index (κ2) is 9.04. The molecule has 2 heteroatoms. The Labute approximate surface area is 93.3 Å². The van der Waals surface area contributed by atoms with E-state index in [1.807, 2.05) is 0 Å². The van der Waals surface area contributed by atoms with Crippen molar-refractivity contribution < 1.29 is 0 Å². The van der Waals surface area contributed by atoms with Crippen LogP contribution in [-0.4, -0.2) is 13.1 Å². The summed E-state index contributed by atoms with van der Waals surface area (Å²) in [4.78, 5) is 0. The third kappa shape index (κ3) is 6.01. The number of halogens is 1. The quantitative estimate of drug-likeness (QED) is 0.717. The van der Waals surface area contributed by atoms with Crippen LogP contribution in [0.3, 0.4) is 0 Å². The predicted molar refractivity (Wildman–Crippen MR) is 65.2 cm³/mol. The SMILES string of the molecule is CCCCNCCc1ccccc1.Cl. The first-order valence-electron chi connectivity index (χ1n) is 5.18. The molecular weight excluding hydrogens is 194 g/mol. The Morgan fingerprint density at radius 3 is 2.43 bits per heavy atom. The highest BCUT2D eigenvalue weighted by Crippen LogP contribution is 1.97. The van der Waals surface area contributed by atoms with Gasteiger partial charge in [0.15, 0.2) is 0 Å². The first kappa shape index (κ1) is 13.5. The normalized spacial score (nSPS) is 9.50. The molecule has 80 valence electrons. The van der Waals surface area contributed by atoms with Gasteiger partial charge in [-0.1, -0.05) is 43.7 Å². The number of hydrogen-bond donors (Lipinski definition) is 1. The molecule has 0 amide bonds. The zero-order chi connectivity index (χ0) is 9.36. The van der Waals surface area contributed by atoms with E-state index in [1.165, 1.54) is 18.4 Å². The molecule has 1 aromatic rings. The minimum Gasteiger partial charge on any atom is -0.316 e. The van der Waals surface area contributed by atoms with Crippen LogP contribution >= 0.6 is 12.4 Å². The van der Waals surface area contributed by atoms with E-state index in [2.05, 4.69) is 42.6 Å². The molecule has 0 aliphatic heterocycles. The average molecular weight is 214 g/mol. The molecule has 0 heterocycles. The van der Waals surface area contributed by atoms with E-state index in [0.29, 0.717) is 0 Å². The molecule has 0 fully saturated rings. The topological polar surface area (TPSA) is 12.0 Å². The van der Waals surface area contributed by atoms with E-state index in [0.717, 1.165) is 19.5 Å². The summed E-state index contributed by atoms with van der Waals surface area (Å²) in [7, 11) is 0. The number of hydrogen-bond acceptors (Lipinski definition) is 1. The van der Waals surface area contributed by atoms with Gasteiger partial charge in [-0.3, -0.25) is 0 Å². The maximum Gasteiger partial charge on any atom is -0.000835 e. The molecule has 1 rings (SSSR count). The first-order chi connectivity index (χ1) is 6.43. The summed E-state index contributed by atoms with van der Waals surface area (Å²) in [5.41, 5.74) is 1.42. The largest absolute Gasteiger partial charge is 0.316 e. The predicted octanol–water partition coefficient (Wildman–Crippen LogP) is 3.04. The molecule has 14 heavy (non-hydrogen) atoms. The minimum atomic E-state index is 0. The minimum absolute atomic E-state index is 0. The summed E-state index contributed by atoms with van der Waals surface area (Å²) in [5.74, 6) is 0. The summed E-state index contributed by atoms with van der Waals surface area (Å²) in [5, 5.41) is 3.43. The Kier molecular flexibility index (Phi) is 8.70. The summed E-state index contributed by atoms with van der Waals surface area (Å²) in [6.45, 7) is 4.48. The second-order valence-electron chi connectivity index (χ2n) is 3.34. The van der Waals surface area contributed by atoms with Crippen LogP contribution in [0.15, 0.2) is 30.3 Å². The van der Waals surface area contributed by atoms with Gasteiger partial charge >= 0.3 is 0 Å². The highest BCUT2D eigenvalue weighted by atomic mass is 35.5. The summed E-state index contributed by atoms with van der Waals surface area (Å²) in [6, 6.07) is 10.6. The molecule has 0 radical (unpaired) electrons. The summed E-state index contributed by atoms with van der Waals surface area (Å²) < 4.78 is 0. The van der Waals surface area contributed by atoms with Gasteiger partial charge in [0.25, 0.3) is 0 Å². The lowest BCUT2D eigenvalue weighted by Crippen LogP contribution is -2.18. The molecule has 1 N–H and O–H groups in total. The van der Waals surface area contributed by atoms with E-state index >= 15 is 0 Å². The van der Waals surface area contributed by atoms with Gasteiger partial charge in [-0.05, 0) is 31.5 Å². The standard InChI is InChI=1S/C12H19N.ClH/c1-2-3-10-13-11-9-12-7-5-4-6-8-12;/h4-8,13H,2-3,9-11H2,1H3;1H. The van der Waals surface area contributed by atoms with Crippen LogP contribution in [-0.2, 0) is 6.42 Å². The Bertz CT molecular complexity index is 211. The molecule has 1 aromatic carbocycles. The van der Waals surface area contributed by atoms with Crippen LogP contribution in [0.5, 0.6) is 0 Å². The molecule has 0 bridgehead atoms. The van der Waals surface area contributed by atoms with E-state index in [9.17, 15) is 0 Å².